The Balaban J connectivity index is 2.86. The van der Waals surface area contributed by atoms with Gasteiger partial charge in [0.15, 0.2) is 0 Å². The molecule has 2 heteroatoms. The van der Waals surface area contributed by atoms with Crippen LogP contribution in [-0.2, 0) is 6.42 Å². The van der Waals surface area contributed by atoms with E-state index in [0.717, 1.165) is 12.0 Å². The summed E-state index contributed by atoms with van der Waals surface area (Å²) in [5.41, 5.74) is 2.18. The molecule has 1 unspecified atom stereocenters. The van der Waals surface area contributed by atoms with Crippen molar-refractivity contribution >= 4 is 0 Å². The zero-order valence-electron chi connectivity index (χ0n) is 7.54. The average Bonchev–Trinajstić information content (AvgIpc) is 2.17. The smallest absolute Gasteiger partial charge is 0.130 e. The lowest BCUT2D eigenvalue weighted by atomic mass is 10.1. The molecule has 1 aromatic carbocycles. The standard InChI is InChI=1S/C10H15NO/c1-3-8-5-4-6-9(7-8)10(12)11-2/h4-7,10-12H,3H2,1-2H3. The Morgan fingerprint density at radius 2 is 2.25 bits per heavy atom. The maximum atomic E-state index is 9.44. The molecule has 0 saturated heterocycles. The van der Waals surface area contributed by atoms with E-state index in [1.165, 1.54) is 5.56 Å². The van der Waals surface area contributed by atoms with Crippen LogP contribution in [0.4, 0.5) is 0 Å². The minimum absolute atomic E-state index is 0.545. The summed E-state index contributed by atoms with van der Waals surface area (Å²) in [7, 11) is 1.74. The van der Waals surface area contributed by atoms with Crippen molar-refractivity contribution in [1.82, 2.24) is 5.32 Å². The van der Waals surface area contributed by atoms with Crippen LogP contribution in [0.1, 0.15) is 24.3 Å². The molecule has 2 nitrogen and oxygen atoms in total. The quantitative estimate of drug-likeness (QED) is 0.664. The molecule has 0 amide bonds. The summed E-state index contributed by atoms with van der Waals surface area (Å²) in [6.07, 6.45) is 0.459. The molecule has 0 saturated carbocycles. The molecule has 1 aromatic rings. The zero-order valence-corrected chi connectivity index (χ0v) is 7.54. The molecule has 0 aromatic heterocycles. The van der Waals surface area contributed by atoms with Gasteiger partial charge in [0, 0.05) is 0 Å². The van der Waals surface area contributed by atoms with E-state index in [9.17, 15) is 5.11 Å². The number of nitrogens with one attached hydrogen (secondary N) is 1. The minimum atomic E-state index is -0.545. The number of benzene rings is 1. The highest BCUT2D eigenvalue weighted by atomic mass is 16.3. The number of aryl methyl sites for hydroxylation is 1. The third-order valence-electron chi connectivity index (χ3n) is 1.95. The van der Waals surface area contributed by atoms with Crippen molar-refractivity contribution in [3.8, 4) is 0 Å². The Labute approximate surface area is 73.2 Å². The topological polar surface area (TPSA) is 32.3 Å². The largest absolute Gasteiger partial charge is 0.374 e. The molecule has 0 radical (unpaired) electrons. The number of aliphatic hydroxyl groups excluding tert-OH is 1. The lowest BCUT2D eigenvalue weighted by Crippen LogP contribution is -2.15. The Morgan fingerprint density at radius 1 is 1.50 bits per heavy atom. The lowest BCUT2D eigenvalue weighted by Gasteiger charge is -2.09. The first-order chi connectivity index (χ1) is 5.77. The predicted octanol–water partition coefficient (Wildman–Crippen LogP) is 1.46. The van der Waals surface area contributed by atoms with Crippen molar-refractivity contribution in [2.24, 2.45) is 0 Å². The van der Waals surface area contributed by atoms with E-state index < -0.39 is 6.23 Å². The maximum absolute atomic E-state index is 9.44. The van der Waals surface area contributed by atoms with Crippen molar-refractivity contribution in [2.75, 3.05) is 7.05 Å². The van der Waals surface area contributed by atoms with Crippen LogP contribution in [0.15, 0.2) is 24.3 Å². The zero-order chi connectivity index (χ0) is 8.97. The fourth-order valence-corrected chi connectivity index (χ4v) is 1.15. The Kier molecular flexibility index (Phi) is 3.26. The SMILES string of the molecule is CCc1cccc(C(O)NC)c1. The van der Waals surface area contributed by atoms with Gasteiger partial charge in [-0.3, -0.25) is 5.32 Å². The highest BCUT2D eigenvalue weighted by molar-refractivity contribution is 5.24. The Hall–Kier alpha value is -0.860. The van der Waals surface area contributed by atoms with Gasteiger partial charge >= 0.3 is 0 Å². The molecule has 0 bridgehead atoms. The summed E-state index contributed by atoms with van der Waals surface area (Å²) in [5, 5.41) is 12.2. The van der Waals surface area contributed by atoms with E-state index >= 15 is 0 Å². The van der Waals surface area contributed by atoms with Gasteiger partial charge < -0.3 is 5.11 Å². The van der Waals surface area contributed by atoms with E-state index in [-0.39, 0.29) is 0 Å². The second-order valence-corrected chi connectivity index (χ2v) is 2.79. The normalized spacial score (nSPS) is 12.9. The molecule has 0 aliphatic rings. The summed E-state index contributed by atoms with van der Waals surface area (Å²) in [6.45, 7) is 2.10. The molecule has 12 heavy (non-hydrogen) atoms. The molecular weight excluding hydrogens is 150 g/mol. The third kappa shape index (κ3) is 2.06. The van der Waals surface area contributed by atoms with E-state index in [4.69, 9.17) is 0 Å². The first-order valence-electron chi connectivity index (χ1n) is 4.22. The Morgan fingerprint density at radius 3 is 2.83 bits per heavy atom. The van der Waals surface area contributed by atoms with E-state index in [2.05, 4.69) is 18.3 Å². The van der Waals surface area contributed by atoms with Crippen LogP contribution in [0.25, 0.3) is 0 Å². The summed E-state index contributed by atoms with van der Waals surface area (Å²) in [4.78, 5) is 0. The van der Waals surface area contributed by atoms with Gasteiger partial charge in [-0.05, 0) is 24.6 Å². The van der Waals surface area contributed by atoms with Crippen LogP contribution in [0.5, 0.6) is 0 Å². The second kappa shape index (κ2) is 4.24. The van der Waals surface area contributed by atoms with Gasteiger partial charge in [0.05, 0.1) is 0 Å². The molecule has 0 aliphatic heterocycles. The van der Waals surface area contributed by atoms with Crippen LogP contribution in [0.3, 0.4) is 0 Å². The van der Waals surface area contributed by atoms with Gasteiger partial charge in [-0.15, -0.1) is 0 Å². The average molecular weight is 165 g/mol. The van der Waals surface area contributed by atoms with Crippen molar-refractivity contribution in [2.45, 2.75) is 19.6 Å². The van der Waals surface area contributed by atoms with Crippen LogP contribution in [-0.4, -0.2) is 12.2 Å². The molecule has 1 atom stereocenters. The van der Waals surface area contributed by atoms with Gasteiger partial charge in [0.25, 0.3) is 0 Å². The summed E-state index contributed by atoms with van der Waals surface area (Å²) in [6, 6.07) is 7.96. The first kappa shape index (κ1) is 9.23. The van der Waals surface area contributed by atoms with Gasteiger partial charge in [-0.25, -0.2) is 0 Å². The summed E-state index contributed by atoms with van der Waals surface area (Å²) < 4.78 is 0. The van der Waals surface area contributed by atoms with Gasteiger partial charge in [0.1, 0.15) is 6.23 Å². The molecule has 0 aliphatic carbocycles. The highest BCUT2D eigenvalue weighted by Crippen LogP contribution is 2.11. The lowest BCUT2D eigenvalue weighted by molar-refractivity contribution is 0.149. The van der Waals surface area contributed by atoms with Crippen LogP contribution < -0.4 is 5.32 Å². The number of hydrogen-bond donors (Lipinski definition) is 2. The van der Waals surface area contributed by atoms with Gasteiger partial charge in [0.2, 0.25) is 0 Å². The van der Waals surface area contributed by atoms with E-state index in [1.807, 2.05) is 18.2 Å². The maximum Gasteiger partial charge on any atom is 0.130 e. The molecule has 66 valence electrons. The molecular formula is C10H15NO. The molecule has 0 heterocycles. The van der Waals surface area contributed by atoms with Crippen molar-refractivity contribution in [1.29, 1.82) is 0 Å². The van der Waals surface area contributed by atoms with Crippen LogP contribution >= 0.6 is 0 Å². The number of rotatable bonds is 3. The molecule has 0 fully saturated rings. The highest BCUT2D eigenvalue weighted by Gasteiger charge is 2.02. The van der Waals surface area contributed by atoms with E-state index in [1.54, 1.807) is 7.05 Å². The first-order valence-corrected chi connectivity index (χ1v) is 4.22. The van der Waals surface area contributed by atoms with Crippen molar-refractivity contribution in [3.63, 3.8) is 0 Å². The van der Waals surface area contributed by atoms with Crippen LogP contribution in [0, 0.1) is 0 Å². The second-order valence-electron chi connectivity index (χ2n) is 2.79. The van der Waals surface area contributed by atoms with Gasteiger partial charge in [-0.1, -0.05) is 31.2 Å². The molecule has 0 spiro atoms. The fourth-order valence-electron chi connectivity index (χ4n) is 1.15. The fraction of sp³-hybridized carbons (Fsp3) is 0.400. The third-order valence-corrected chi connectivity index (χ3v) is 1.95. The minimum Gasteiger partial charge on any atom is -0.374 e. The molecule has 2 N–H and O–H groups in total. The van der Waals surface area contributed by atoms with Crippen molar-refractivity contribution in [3.05, 3.63) is 35.4 Å². The van der Waals surface area contributed by atoms with Crippen LogP contribution in [0.2, 0.25) is 0 Å². The van der Waals surface area contributed by atoms with Crippen molar-refractivity contribution < 1.29 is 5.11 Å². The number of hydrogen-bond acceptors (Lipinski definition) is 2. The molecule has 1 rings (SSSR count). The Bertz CT molecular complexity index is 247. The predicted molar refractivity (Wildman–Crippen MR) is 49.8 cm³/mol. The van der Waals surface area contributed by atoms with Gasteiger partial charge in [-0.2, -0.15) is 0 Å². The summed E-state index contributed by atoms with van der Waals surface area (Å²) in [5.74, 6) is 0. The monoisotopic (exact) mass is 165 g/mol. The van der Waals surface area contributed by atoms with E-state index in [0.29, 0.717) is 0 Å². The number of aliphatic hydroxyl groups is 1. The summed E-state index contributed by atoms with van der Waals surface area (Å²) >= 11 is 0.